The van der Waals surface area contributed by atoms with Gasteiger partial charge in [0.1, 0.15) is 11.6 Å². The van der Waals surface area contributed by atoms with Crippen LogP contribution in [0.4, 0.5) is 10.1 Å². The zero-order valence-electron chi connectivity index (χ0n) is 16.8. The van der Waals surface area contributed by atoms with E-state index in [9.17, 15) is 14.0 Å². The molecule has 154 valence electrons. The Morgan fingerprint density at radius 3 is 2.34 bits per heavy atom. The monoisotopic (exact) mass is 399 g/mol. The summed E-state index contributed by atoms with van der Waals surface area (Å²) in [5, 5.41) is 2.93. The zero-order valence-corrected chi connectivity index (χ0v) is 16.8. The molecule has 7 heteroatoms. The van der Waals surface area contributed by atoms with Gasteiger partial charge in [-0.25, -0.2) is 4.39 Å². The summed E-state index contributed by atoms with van der Waals surface area (Å²) in [7, 11) is 1.62. The Hall–Kier alpha value is -2.93. The molecule has 0 aliphatic carbocycles. The average Bonchev–Trinajstić information content (AvgIpc) is 2.73. The second kappa shape index (κ2) is 9.52. The number of carbonyl (C=O) groups is 2. The van der Waals surface area contributed by atoms with Crippen LogP contribution in [-0.2, 0) is 11.3 Å². The van der Waals surface area contributed by atoms with Gasteiger partial charge in [0.05, 0.1) is 19.3 Å². The molecule has 1 amide bonds. The molecule has 2 aromatic rings. The molecule has 1 heterocycles. The number of nitrogens with zero attached hydrogens (tertiary/aromatic N) is 2. The predicted octanol–water partition coefficient (Wildman–Crippen LogP) is 2.48. The van der Waals surface area contributed by atoms with E-state index in [-0.39, 0.29) is 17.5 Å². The van der Waals surface area contributed by atoms with Gasteiger partial charge in [0.25, 0.3) is 0 Å². The number of ether oxygens (including phenoxy) is 1. The molecule has 0 bridgehead atoms. The number of hydrogen-bond acceptors (Lipinski definition) is 5. The smallest absolute Gasteiger partial charge is 0.234 e. The molecule has 6 nitrogen and oxygen atoms in total. The molecule has 1 fully saturated rings. The molecular weight excluding hydrogens is 373 g/mol. The minimum Gasteiger partial charge on any atom is -0.497 e. The third-order valence-electron chi connectivity index (χ3n) is 5.08. The maximum Gasteiger partial charge on any atom is 0.234 e. The van der Waals surface area contributed by atoms with E-state index >= 15 is 0 Å². The number of ketones is 1. The molecule has 0 aromatic heterocycles. The zero-order chi connectivity index (χ0) is 20.8. The second-order valence-electron chi connectivity index (χ2n) is 7.11. The molecule has 29 heavy (non-hydrogen) atoms. The lowest BCUT2D eigenvalue weighted by molar-refractivity contribution is -0.122. The quantitative estimate of drug-likeness (QED) is 0.725. The third kappa shape index (κ3) is 5.54. The number of nitrogens with one attached hydrogen (secondary N) is 1. The normalized spacial score (nSPS) is 14.5. The van der Waals surface area contributed by atoms with Crippen LogP contribution in [-0.4, -0.2) is 56.4 Å². The van der Waals surface area contributed by atoms with Crippen LogP contribution < -0.4 is 15.0 Å². The highest BCUT2D eigenvalue weighted by molar-refractivity contribution is 5.94. The molecule has 2 aromatic carbocycles. The summed E-state index contributed by atoms with van der Waals surface area (Å²) >= 11 is 0. The lowest BCUT2D eigenvalue weighted by Gasteiger charge is -2.35. The molecule has 0 radical (unpaired) electrons. The van der Waals surface area contributed by atoms with Gasteiger partial charge in [-0.3, -0.25) is 14.5 Å². The van der Waals surface area contributed by atoms with Gasteiger partial charge in [-0.05, 0) is 42.8 Å². The van der Waals surface area contributed by atoms with Gasteiger partial charge in [0.2, 0.25) is 5.91 Å². The summed E-state index contributed by atoms with van der Waals surface area (Å²) in [6.45, 7) is 4.80. The number of amides is 1. The Morgan fingerprint density at radius 1 is 1.07 bits per heavy atom. The molecule has 0 spiro atoms. The number of rotatable bonds is 7. The van der Waals surface area contributed by atoms with Gasteiger partial charge >= 0.3 is 0 Å². The van der Waals surface area contributed by atoms with Gasteiger partial charge in [-0.15, -0.1) is 0 Å². The fourth-order valence-corrected chi connectivity index (χ4v) is 3.33. The predicted molar refractivity (Wildman–Crippen MR) is 110 cm³/mol. The maximum atomic E-state index is 14.3. The fourth-order valence-electron chi connectivity index (χ4n) is 3.33. The van der Waals surface area contributed by atoms with Crippen LogP contribution in [0.2, 0.25) is 0 Å². The van der Waals surface area contributed by atoms with Crippen LogP contribution in [0.15, 0.2) is 42.5 Å². The number of methoxy groups -OCH3 is 1. The van der Waals surface area contributed by atoms with E-state index in [4.69, 9.17) is 4.74 Å². The van der Waals surface area contributed by atoms with Gasteiger partial charge in [-0.1, -0.05) is 12.1 Å². The summed E-state index contributed by atoms with van der Waals surface area (Å²) in [6.07, 6.45) is 0. The van der Waals surface area contributed by atoms with Crippen LogP contribution in [0.25, 0.3) is 0 Å². The summed E-state index contributed by atoms with van der Waals surface area (Å²) in [4.78, 5) is 27.6. The Morgan fingerprint density at radius 2 is 1.76 bits per heavy atom. The number of halogens is 1. The number of anilines is 1. The highest BCUT2D eigenvalue weighted by atomic mass is 19.1. The van der Waals surface area contributed by atoms with E-state index in [1.165, 1.54) is 13.0 Å². The van der Waals surface area contributed by atoms with Crippen LogP contribution in [0.1, 0.15) is 22.8 Å². The van der Waals surface area contributed by atoms with E-state index in [2.05, 4.69) is 10.2 Å². The van der Waals surface area contributed by atoms with Crippen molar-refractivity contribution in [2.75, 3.05) is 44.7 Å². The number of carbonyl (C=O) groups excluding carboxylic acids is 2. The molecule has 1 N–H and O–H groups in total. The van der Waals surface area contributed by atoms with Crippen LogP contribution >= 0.6 is 0 Å². The molecule has 0 atom stereocenters. The standard InChI is InChI=1S/C22H26FN3O3/c1-16(27)18-5-8-21(20(23)13-18)26-11-9-25(10-12-26)15-22(28)24-14-17-3-6-19(29-2)7-4-17/h3-8,13H,9-12,14-15H2,1-2H3,(H,24,28). The fraction of sp³-hybridized carbons (Fsp3) is 0.364. The molecule has 1 aliphatic rings. The number of benzene rings is 2. The lowest BCUT2D eigenvalue weighted by atomic mass is 10.1. The van der Waals surface area contributed by atoms with Crippen molar-refractivity contribution in [1.29, 1.82) is 0 Å². The highest BCUT2D eigenvalue weighted by Crippen LogP contribution is 2.22. The Kier molecular flexibility index (Phi) is 6.82. The Labute approximate surface area is 170 Å². The first-order valence-electron chi connectivity index (χ1n) is 9.63. The molecule has 3 rings (SSSR count). The van der Waals surface area contributed by atoms with Crippen molar-refractivity contribution in [3.63, 3.8) is 0 Å². The van der Waals surface area contributed by atoms with E-state index in [1.807, 2.05) is 29.2 Å². The molecule has 0 saturated carbocycles. The van der Waals surface area contributed by atoms with Crippen molar-refractivity contribution in [3.05, 3.63) is 59.4 Å². The number of Topliss-reactive ketones (excluding diaryl/α,β-unsaturated/α-hetero) is 1. The van der Waals surface area contributed by atoms with E-state index in [1.54, 1.807) is 19.2 Å². The van der Waals surface area contributed by atoms with Crippen molar-refractivity contribution in [1.82, 2.24) is 10.2 Å². The third-order valence-corrected chi connectivity index (χ3v) is 5.08. The van der Waals surface area contributed by atoms with E-state index < -0.39 is 0 Å². The van der Waals surface area contributed by atoms with Crippen LogP contribution in [0.5, 0.6) is 5.75 Å². The van der Waals surface area contributed by atoms with E-state index in [0.29, 0.717) is 50.5 Å². The van der Waals surface area contributed by atoms with Crippen molar-refractivity contribution in [2.24, 2.45) is 0 Å². The largest absolute Gasteiger partial charge is 0.497 e. The van der Waals surface area contributed by atoms with Crippen LogP contribution in [0, 0.1) is 5.82 Å². The minimum atomic E-state index is -0.386. The second-order valence-corrected chi connectivity index (χ2v) is 7.11. The molecule has 0 unspecified atom stereocenters. The Balaban J connectivity index is 1.45. The van der Waals surface area contributed by atoms with Crippen molar-refractivity contribution < 1.29 is 18.7 Å². The number of piperazine rings is 1. The number of hydrogen-bond donors (Lipinski definition) is 1. The summed E-state index contributed by atoms with van der Waals surface area (Å²) in [5.74, 6) is 0.209. The molecular formula is C22H26FN3O3. The molecule has 1 aliphatic heterocycles. The van der Waals surface area contributed by atoms with E-state index in [0.717, 1.165) is 11.3 Å². The first-order valence-corrected chi connectivity index (χ1v) is 9.63. The van der Waals surface area contributed by atoms with Crippen molar-refractivity contribution >= 4 is 17.4 Å². The lowest BCUT2D eigenvalue weighted by Crippen LogP contribution is -2.49. The summed E-state index contributed by atoms with van der Waals surface area (Å²) < 4.78 is 19.5. The van der Waals surface area contributed by atoms with Crippen molar-refractivity contribution in [3.8, 4) is 5.75 Å². The summed E-state index contributed by atoms with van der Waals surface area (Å²) in [5.41, 5.74) is 1.88. The first-order chi connectivity index (χ1) is 14.0. The SMILES string of the molecule is COc1ccc(CNC(=O)CN2CCN(c3ccc(C(C)=O)cc3F)CC2)cc1. The molecule has 1 saturated heterocycles. The topological polar surface area (TPSA) is 61.9 Å². The van der Waals surface area contributed by atoms with Gasteiger partial charge < -0.3 is 15.0 Å². The highest BCUT2D eigenvalue weighted by Gasteiger charge is 2.21. The Bertz CT molecular complexity index is 862. The van der Waals surface area contributed by atoms with Gasteiger partial charge in [0.15, 0.2) is 5.78 Å². The average molecular weight is 399 g/mol. The summed E-state index contributed by atoms with van der Waals surface area (Å²) in [6, 6.07) is 12.2. The maximum absolute atomic E-state index is 14.3. The first kappa shape index (κ1) is 20.8. The van der Waals surface area contributed by atoms with Crippen molar-refractivity contribution in [2.45, 2.75) is 13.5 Å². The van der Waals surface area contributed by atoms with Gasteiger partial charge in [-0.2, -0.15) is 0 Å². The van der Waals surface area contributed by atoms with Crippen LogP contribution in [0.3, 0.4) is 0 Å². The minimum absolute atomic E-state index is 0.0359. The van der Waals surface area contributed by atoms with Gasteiger partial charge in [0, 0.05) is 38.3 Å².